The number of benzene rings is 2. The third-order valence-electron chi connectivity index (χ3n) is 3.63. The summed E-state index contributed by atoms with van der Waals surface area (Å²) >= 11 is 3.46. The number of hydrogen-bond acceptors (Lipinski definition) is 5. The van der Waals surface area contributed by atoms with Crippen LogP contribution >= 0.6 is 15.9 Å². The normalized spacial score (nSPS) is 11.3. The number of halogens is 1. The Bertz CT molecular complexity index is 1000. The Morgan fingerprint density at radius 3 is 2.40 bits per heavy atom. The van der Waals surface area contributed by atoms with Gasteiger partial charge in [-0.2, -0.15) is 0 Å². The van der Waals surface area contributed by atoms with E-state index in [0.29, 0.717) is 21.5 Å². The first-order valence-corrected chi connectivity index (χ1v) is 9.49. The monoisotopic (exact) mass is 422 g/mol. The maximum Gasteiger partial charge on any atom is 0.269 e. The average molecular weight is 423 g/mol. The SMILES string of the molecule is COc1ccc(-c2nccn2S(=O)(=O)c2ccccc2)c(Br)c1OC. The molecular formula is C17H15BrN2O4S. The summed E-state index contributed by atoms with van der Waals surface area (Å²) in [5.41, 5.74) is 0.571. The van der Waals surface area contributed by atoms with Crippen molar-refractivity contribution in [2.75, 3.05) is 14.2 Å². The fraction of sp³-hybridized carbons (Fsp3) is 0.118. The highest BCUT2D eigenvalue weighted by atomic mass is 79.9. The summed E-state index contributed by atoms with van der Waals surface area (Å²) in [6, 6.07) is 11.6. The van der Waals surface area contributed by atoms with Gasteiger partial charge in [0.25, 0.3) is 10.0 Å². The van der Waals surface area contributed by atoms with Crippen molar-refractivity contribution in [3.63, 3.8) is 0 Å². The zero-order chi connectivity index (χ0) is 18.0. The lowest BCUT2D eigenvalue weighted by Crippen LogP contribution is -2.13. The van der Waals surface area contributed by atoms with Gasteiger partial charge in [0.15, 0.2) is 17.3 Å². The van der Waals surface area contributed by atoms with E-state index in [-0.39, 0.29) is 10.7 Å². The summed E-state index contributed by atoms with van der Waals surface area (Å²) in [6.45, 7) is 0. The van der Waals surface area contributed by atoms with Crippen LogP contribution in [0.15, 0.2) is 64.2 Å². The third-order valence-corrected chi connectivity index (χ3v) is 6.10. The molecule has 0 unspecified atom stereocenters. The number of imidazole rings is 1. The van der Waals surface area contributed by atoms with Gasteiger partial charge < -0.3 is 9.47 Å². The molecule has 0 aliphatic heterocycles. The van der Waals surface area contributed by atoms with Crippen molar-refractivity contribution in [3.8, 4) is 22.9 Å². The Morgan fingerprint density at radius 1 is 1.04 bits per heavy atom. The van der Waals surface area contributed by atoms with E-state index in [4.69, 9.17) is 9.47 Å². The van der Waals surface area contributed by atoms with Gasteiger partial charge in [-0.15, -0.1) is 0 Å². The van der Waals surface area contributed by atoms with Gasteiger partial charge in [-0.25, -0.2) is 17.4 Å². The largest absolute Gasteiger partial charge is 0.493 e. The van der Waals surface area contributed by atoms with Gasteiger partial charge in [-0.3, -0.25) is 0 Å². The van der Waals surface area contributed by atoms with Crippen molar-refractivity contribution >= 4 is 26.0 Å². The molecule has 2 aromatic carbocycles. The van der Waals surface area contributed by atoms with Gasteiger partial charge in [-0.1, -0.05) is 18.2 Å². The molecule has 0 N–H and O–H groups in total. The zero-order valence-corrected chi connectivity index (χ0v) is 15.9. The second-order valence-corrected chi connectivity index (χ2v) is 7.64. The minimum Gasteiger partial charge on any atom is -0.493 e. The highest BCUT2D eigenvalue weighted by Gasteiger charge is 2.24. The van der Waals surface area contributed by atoms with Gasteiger partial charge in [0.05, 0.1) is 23.6 Å². The van der Waals surface area contributed by atoms with Crippen LogP contribution in [0.4, 0.5) is 0 Å². The summed E-state index contributed by atoms with van der Waals surface area (Å²) in [7, 11) is -0.719. The fourth-order valence-corrected chi connectivity index (χ4v) is 4.42. The maximum atomic E-state index is 12.9. The van der Waals surface area contributed by atoms with Crippen LogP contribution in [-0.4, -0.2) is 31.6 Å². The average Bonchev–Trinajstić information content (AvgIpc) is 3.12. The molecule has 0 fully saturated rings. The first-order chi connectivity index (χ1) is 12.0. The highest BCUT2D eigenvalue weighted by Crippen LogP contribution is 2.41. The Labute approximate surface area is 154 Å². The van der Waals surface area contributed by atoms with Crippen molar-refractivity contribution in [2.45, 2.75) is 4.90 Å². The molecule has 6 nitrogen and oxygen atoms in total. The van der Waals surface area contributed by atoms with Gasteiger partial charge in [-0.05, 0) is 40.2 Å². The molecule has 1 heterocycles. The van der Waals surface area contributed by atoms with E-state index in [0.717, 1.165) is 3.97 Å². The molecular weight excluding hydrogens is 408 g/mol. The summed E-state index contributed by atoms with van der Waals surface area (Å²) in [5, 5.41) is 0. The number of nitrogens with zero attached hydrogens (tertiary/aromatic N) is 2. The van der Waals surface area contributed by atoms with E-state index in [2.05, 4.69) is 20.9 Å². The third kappa shape index (κ3) is 3.03. The van der Waals surface area contributed by atoms with Crippen LogP contribution in [0.5, 0.6) is 11.5 Å². The summed E-state index contributed by atoms with van der Waals surface area (Å²) < 4.78 is 38.2. The van der Waals surface area contributed by atoms with E-state index < -0.39 is 10.0 Å². The molecule has 0 saturated heterocycles. The first kappa shape index (κ1) is 17.5. The summed E-state index contributed by atoms with van der Waals surface area (Å²) in [4.78, 5) is 4.41. The smallest absolute Gasteiger partial charge is 0.269 e. The number of aromatic nitrogens is 2. The molecule has 0 atom stereocenters. The van der Waals surface area contributed by atoms with Crippen LogP contribution in [-0.2, 0) is 10.0 Å². The fourth-order valence-electron chi connectivity index (χ4n) is 2.44. The highest BCUT2D eigenvalue weighted by molar-refractivity contribution is 9.10. The number of methoxy groups -OCH3 is 2. The van der Waals surface area contributed by atoms with E-state index in [9.17, 15) is 8.42 Å². The van der Waals surface area contributed by atoms with E-state index in [1.165, 1.54) is 26.6 Å². The van der Waals surface area contributed by atoms with Crippen molar-refractivity contribution in [1.29, 1.82) is 0 Å². The minimum atomic E-state index is -3.77. The molecule has 8 heteroatoms. The molecule has 0 spiro atoms. The molecule has 0 radical (unpaired) electrons. The maximum absolute atomic E-state index is 12.9. The Hall–Kier alpha value is -2.32. The molecule has 0 bridgehead atoms. The first-order valence-electron chi connectivity index (χ1n) is 7.25. The number of rotatable bonds is 5. The van der Waals surface area contributed by atoms with Gasteiger partial charge in [0, 0.05) is 18.0 Å². The van der Waals surface area contributed by atoms with Crippen LogP contribution in [0.1, 0.15) is 0 Å². The molecule has 25 heavy (non-hydrogen) atoms. The second kappa shape index (κ2) is 6.89. The van der Waals surface area contributed by atoms with Gasteiger partial charge >= 0.3 is 0 Å². The zero-order valence-electron chi connectivity index (χ0n) is 13.5. The topological polar surface area (TPSA) is 70.4 Å². The molecule has 0 saturated carbocycles. The van der Waals surface area contributed by atoms with Crippen LogP contribution in [0, 0.1) is 0 Å². The van der Waals surface area contributed by atoms with Crippen molar-refractivity contribution < 1.29 is 17.9 Å². The predicted molar refractivity (Wildman–Crippen MR) is 97.5 cm³/mol. The molecule has 3 rings (SSSR count). The van der Waals surface area contributed by atoms with E-state index >= 15 is 0 Å². The lowest BCUT2D eigenvalue weighted by atomic mass is 10.2. The van der Waals surface area contributed by atoms with Crippen molar-refractivity contribution in [3.05, 3.63) is 59.3 Å². The van der Waals surface area contributed by atoms with Crippen LogP contribution < -0.4 is 9.47 Å². The van der Waals surface area contributed by atoms with Crippen molar-refractivity contribution in [1.82, 2.24) is 8.96 Å². The molecule has 1 aromatic heterocycles. The molecule has 0 amide bonds. The quantitative estimate of drug-likeness (QED) is 0.628. The molecule has 0 aliphatic carbocycles. The lowest BCUT2D eigenvalue weighted by Gasteiger charge is -2.14. The number of ether oxygens (including phenoxy) is 2. The van der Waals surface area contributed by atoms with E-state index in [1.807, 2.05) is 0 Å². The summed E-state index contributed by atoms with van der Waals surface area (Å²) in [6.07, 6.45) is 2.86. The van der Waals surface area contributed by atoms with Crippen LogP contribution in [0.3, 0.4) is 0 Å². The second-order valence-electron chi connectivity index (χ2n) is 5.03. The molecule has 3 aromatic rings. The standard InChI is InChI=1S/C17H15BrN2O4S/c1-23-14-9-8-13(15(18)16(14)24-2)17-19-10-11-20(17)25(21,22)12-6-4-3-5-7-12/h3-11H,1-2H3. The van der Waals surface area contributed by atoms with Gasteiger partial charge in [0.2, 0.25) is 0 Å². The van der Waals surface area contributed by atoms with E-state index in [1.54, 1.807) is 42.5 Å². The Balaban J connectivity index is 2.19. The molecule has 130 valence electrons. The predicted octanol–water partition coefficient (Wildman–Crippen LogP) is 3.57. The number of hydrogen-bond donors (Lipinski definition) is 0. The Kier molecular flexibility index (Phi) is 4.82. The van der Waals surface area contributed by atoms with Crippen molar-refractivity contribution in [2.24, 2.45) is 0 Å². The minimum absolute atomic E-state index is 0.186. The Morgan fingerprint density at radius 2 is 1.76 bits per heavy atom. The lowest BCUT2D eigenvalue weighted by molar-refractivity contribution is 0.353. The van der Waals surface area contributed by atoms with Crippen LogP contribution in [0.25, 0.3) is 11.4 Å². The summed E-state index contributed by atoms with van der Waals surface area (Å²) in [5.74, 6) is 1.27. The van der Waals surface area contributed by atoms with Crippen LogP contribution in [0.2, 0.25) is 0 Å². The molecule has 0 aliphatic rings. The van der Waals surface area contributed by atoms with Gasteiger partial charge in [0.1, 0.15) is 0 Å².